The Morgan fingerprint density at radius 1 is 1.03 bits per heavy atom. The molecule has 0 radical (unpaired) electrons. The van der Waals surface area contributed by atoms with Crippen molar-refractivity contribution in [3.8, 4) is 5.75 Å². The standard InChI is InChI=1S/C24H29N3O5S/c1-32-22-11-10-20(33(30,31)27-13-3-2-4-14-27)16-21(22)25-24(29)19-8-5-7-18(15-19)17-26-12-6-9-23(26)28/h5,7-8,10-11,15-16H,2-4,6,9,12-14,17H2,1H3,(H,25,29). The van der Waals surface area contributed by atoms with Gasteiger partial charge in [-0.2, -0.15) is 4.31 Å². The minimum Gasteiger partial charge on any atom is -0.495 e. The monoisotopic (exact) mass is 471 g/mol. The topological polar surface area (TPSA) is 96.0 Å². The van der Waals surface area contributed by atoms with Crippen LogP contribution in [0, 0.1) is 0 Å². The van der Waals surface area contributed by atoms with Gasteiger partial charge in [-0.1, -0.05) is 18.6 Å². The number of carbonyl (C=O) groups excluding carboxylic acids is 2. The van der Waals surface area contributed by atoms with E-state index in [2.05, 4.69) is 5.32 Å². The summed E-state index contributed by atoms with van der Waals surface area (Å²) >= 11 is 0. The van der Waals surface area contributed by atoms with E-state index in [1.165, 1.54) is 23.5 Å². The molecular formula is C24H29N3O5S. The normalized spacial score (nSPS) is 17.2. The molecule has 4 rings (SSSR count). The van der Waals surface area contributed by atoms with E-state index in [1.54, 1.807) is 29.2 Å². The van der Waals surface area contributed by atoms with Gasteiger partial charge in [-0.15, -0.1) is 0 Å². The summed E-state index contributed by atoms with van der Waals surface area (Å²) < 4.78 is 33.0. The summed E-state index contributed by atoms with van der Waals surface area (Å²) in [7, 11) is -2.18. The molecule has 176 valence electrons. The number of piperidine rings is 1. The van der Waals surface area contributed by atoms with E-state index in [-0.39, 0.29) is 16.7 Å². The lowest BCUT2D eigenvalue weighted by Gasteiger charge is -2.26. The van der Waals surface area contributed by atoms with Gasteiger partial charge in [0.15, 0.2) is 0 Å². The first-order valence-corrected chi connectivity index (χ1v) is 12.7. The summed E-state index contributed by atoms with van der Waals surface area (Å²) in [4.78, 5) is 26.8. The summed E-state index contributed by atoms with van der Waals surface area (Å²) in [5.74, 6) is 0.122. The molecule has 2 aliphatic heterocycles. The molecule has 0 saturated carbocycles. The molecule has 2 aliphatic rings. The highest BCUT2D eigenvalue weighted by Crippen LogP contribution is 2.30. The van der Waals surface area contributed by atoms with Gasteiger partial charge < -0.3 is 15.0 Å². The number of methoxy groups -OCH3 is 1. The van der Waals surface area contributed by atoms with Gasteiger partial charge in [-0.3, -0.25) is 9.59 Å². The number of rotatable bonds is 7. The van der Waals surface area contributed by atoms with Crippen molar-refractivity contribution in [2.24, 2.45) is 0 Å². The average molecular weight is 472 g/mol. The summed E-state index contributed by atoms with van der Waals surface area (Å²) in [6.45, 7) is 2.20. The fraction of sp³-hybridized carbons (Fsp3) is 0.417. The average Bonchev–Trinajstić information content (AvgIpc) is 3.23. The summed E-state index contributed by atoms with van der Waals surface area (Å²) in [5, 5.41) is 2.80. The molecule has 2 amide bonds. The number of amides is 2. The third-order valence-corrected chi connectivity index (χ3v) is 8.00. The molecule has 2 saturated heterocycles. The van der Waals surface area contributed by atoms with Crippen molar-refractivity contribution in [2.45, 2.75) is 43.5 Å². The first-order chi connectivity index (χ1) is 15.9. The molecule has 0 spiro atoms. The van der Waals surface area contributed by atoms with E-state index >= 15 is 0 Å². The highest BCUT2D eigenvalue weighted by Gasteiger charge is 2.27. The zero-order chi connectivity index (χ0) is 23.4. The second-order valence-corrected chi connectivity index (χ2v) is 10.3. The van der Waals surface area contributed by atoms with Crippen LogP contribution in [0.5, 0.6) is 5.75 Å². The fourth-order valence-corrected chi connectivity index (χ4v) is 5.84. The molecule has 0 aromatic heterocycles. The number of nitrogens with one attached hydrogen (secondary N) is 1. The van der Waals surface area contributed by atoms with Gasteiger partial charge >= 0.3 is 0 Å². The number of anilines is 1. The Bertz CT molecular complexity index is 1140. The smallest absolute Gasteiger partial charge is 0.255 e. The Kier molecular flexibility index (Phi) is 6.99. The minimum atomic E-state index is -3.65. The number of carbonyl (C=O) groups is 2. The Labute approximate surface area is 194 Å². The van der Waals surface area contributed by atoms with E-state index in [0.29, 0.717) is 43.1 Å². The maximum atomic E-state index is 13.1. The maximum absolute atomic E-state index is 13.1. The second kappa shape index (κ2) is 9.93. The highest BCUT2D eigenvalue weighted by molar-refractivity contribution is 7.89. The van der Waals surface area contributed by atoms with Crippen LogP contribution in [0.2, 0.25) is 0 Å². The molecule has 8 nitrogen and oxygen atoms in total. The number of hydrogen-bond acceptors (Lipinski definition) is 5. The van der Waals surface area contributed by atoms with Crippen LogP contribution < -0.4 is 10.1 Å². The molecule has 2 aromatic carbocycles. The molecular weight excluding hydrogens is 442 g/mol. The summed E-state index contributed by atoms with van der Waals surface area (Å²) in [6.07, 6.45) is 4.14. The molecule has 0 bridgehead atoms. The number of likely N-dealkylation sites (tertiary alicyclic amines) is 1. The Hall–Kier alpha value is -2.91. The number of ether oxygens (including phenoxy) is 1. The molecule has 2 fully saturated rings. The SMILES string of the molecule is COc1ccc(S(=O)(=O)N2CCCCC2)cc1NC(=O)c1cccc(CN2CCCC2=O)c1. The van der Waals surface area contributed by atoms with Crippen molar-refractivity contribution in [1.82, 2.24) is 9.21 Å². The number of sulfonamides is 1. The first-order valence-electron chi connectivity index (χ1n) is 11.2. The van der Waals surface area contributed by atoms with Gasteiger partial charge in [0.05, 0.1) is 17.7 Å². The number of nitrogens with zero attached hydrogens (tertiary/aromatic N) is 2. The van der Waals surface area contributed by atoms with Crippen molar-refractivity contribution >= 4 is 27.5 Å². The predicted octanol–water partition coefficient (Wildman–Crippen LogP) is 3.24. The van der Waals surface area contributed by atoms with Crippen molar-refractivity contribution in [1.29, 1.82) is 0 Å². The third-order valence-electron chi connectivity index (χ3n) is 6.11. The quantitative estimate of drug-likeness (QED) is 0.669. The van der Waals surface area contributed by atoms with Gasteiger partial charge in [0.2, 0.25) is 15.9 Å². The lowest BCUT2D eigenvalue weighted by Crippen LogP contribution is -2.35. The van der Waals surface area contributed by atoms with Crippen LogP contribution in [-0.4, -0.2) is 56.2 Å². The van der Waals surface area contributed by atoms with Gasteiger partial charge in [-0.05, 0) is 55.2 Å². The van der Waals surface area contributed by atoms with E-state index < -0.39 is 10.0 Å². The van der Waals surface area contributed by atoms with Crippen LogP contribution in [0.4, 0.5) is 5.69 Å². The van der Waals surface area contributed by atoms with Crippen LogP contribution >= 0.6 is 0 Å². The Morgan fingerprint density at radius 2 is 1.82 bits per heavy atom. The van der Waals surface area contributed by atoms with E-state index in [1.807, 2.05) is 6.07 Å². The lowest BCUT2D eigenvalue weighted by molar-refractivity contribution is -0.128. The van der Waals surface area contributed by atoms with Crippen molar-refractivity contribution in [3.63, 3.8) is 0 Å². The number of hydrogen-bond donors (Lipinski definition) is 1. The van der Waals surface area contributed by atoms with E-state index in [0.717, 1.165) is 37.8 Å². The molecule has 33 heavy (non-hydrogen) atoms. The predicted molar refractivity (Wildman–Crippen MR) is 125 cm³/mol. The van der Waals surface area contributed by atoms with Crippen molar-refractivity contribution in [3.05, 3.63) is 53.6 Å². The Balaban J connectivity index is 1.54. The van der Waals surface area contributed by atoms with Crippen molar-refractivity contribution < 1.29 is 22.7 Å². The highest BCUT2D eigenvalue weighted by atomic mass is 32.2. The van der Waals surface area contributed by atoms with E-state index in [9.17, 15) is 18.0 Å². The van der Waals surface area contributed by atoms with Crippen LogP contribution in [0.1, 0.15) is 48.0 Å². The van der Waals surface area contributed by atoms with Crippen molar-refractivity contribution in [2.75, 3.05) is 32.1 Å². The molecule has 9 heteroatoms. The first kappa shape index (κ1) is 23.3. The minimum absolute atomic E-state index is 0.126. The van der Waals surface area contributed by atoms with Crippen LogP contribution in [0.3, 0.4) is 0 Å². The van der Waals surface area contributed by atoms with Gasteiger partial charge in [0.25, 0.3) is 5.91 Å². The van der Waals surface area contributed by atoms with Crippen LogP contribution in [0.25, 0.3) is 0 Å². The zero-order valence-electron chi connectivity index (χ0n) is 18.7. The molecule has 2 aromatic rings. The van der Waals surface area contributed by atoms with Gasteiger partial charge in [-0.25, -0.2) is 8.42 Å². The fourth-order valence-electron chi connectivity index (χ4n) is 4.30. The lowest BCUT2D eigenvalue weighted by atomic mass is 10.1. The third kappa shape index (κ3) is 5.20. The molecule has 1 N–H and O–H groups in total. The second-order valence-electron chi connectivity index (χ2n) is 8.40. The van der Waals surface area contributed by atoms with Gasteiger partial charge in [0.1, 0.15) is 5.75 Å². The summed E-state index contributed by atoms with van der Waals surface area (Å²) in [6, 6.07) is 11.6. The van der Waals surface area contributed by atoms with Crippen LogP contribution in [-0.2, 0) is 21.4 Å². The number of benzene rings is 2. The summed E-state index contributed by atoms with van der Waals surface area (Å²) in [5.41, 5.74) is 1.58. The largest absolute Gasteiger partial charge is 0.495 e. The zero-order valence-corrected chi connectivity index (χ0v) is 19.6. The van der Waals surface area contributed by atoms with E-state index in [4.69, 9.17) is 4.74 Å². The maximum Gasteiger partial charge on any atom is 0.255 e. The molecule has 0 atom stereocenters. The molecule has 2 heterocycles. The molecule has 0 unspecified atom stereocenters. The van der Waals surface area contributed by atoms with Gasteiger partial charge in [0, 0.05) is 38.2 Å². The Morgan fingerprint density at radius 3 is 2.52 bits per heavy atom. The molecule has 0 aliphatic carbocycles. The van der Waals surface area contributed by atoms with Crippen LogP contribution in [0.15, 0.2) is 47.4 Å².